The van der Waals surface area contributed by atoms with Crippen molar-refractivity contribution in [2.24, 2.45) is 0 Å². The van der Waals surface area contributed by atoms with Crippen molar-refractivity contribution in [3.8, 4) is 12.0 Å². The molecule has 0 N–H and O–H groups in total. The lowest BCUT2D eigenvalue weighted by molar-refractivity contribution is 2.05. The maximum Gasteiger partial charge on any atom is 0.137 e. The van der Waals surface area contributed by atoms with Gasteiger partial charge < -0.3 is 0 Å². The highest BCUT2D eigenvalue weighted by Crippen LogP contribution is 1.67. The van der Waals surface area contributed by atoms with Gasteiger partial charge in [0, 0.05) is 0 Å². The Hall–Kier alpha value is -0.223. The van der Waals surface area contributed by atoms with Gasteiger partial charge in [-0.2, -0.15) is 0 Å². The van der Waals surface area contributed by atoms with E-state index in [4.69, 9.17) is 6.42 Å². The summed E-state index contributed by atoms with van der Waals surface area (Å²) < 4.78 is 0. The van der Waals surface area contributed by atoms with Crippen molar-refractivity contribution in [1.29, 1.82) is 0 Å². The van der Waals surface area contributed by atoms with Gasteiger partial charge in [0.05, 0.1) is 0 Å². The van der Waals surface area contributed by atoms with Crippen LogP contribution < -0.4 is 0 Å². The molecule has 27 valence electrons. The Morgan fingerprint density at radius 2 is 1.80 bits per heavy atom. The van der Waals surface area contributed by atoms with E-state index in [1.54, 1.807) is 0 Å². The molecule has 0 aromatic rings. The second-order valence-electron chi connectivity index (χ2n) is 1.14. The van der Waals surface area contributed by atoms with Crippen molar-refractivity contribution in [1.82, 2.24) is 0 Å². The summed E-state index contributed by atoms with van der Waals surface area (Å²) in [6.45, 7) is 4.18. The molecule has 0 saturated carbocycles. The molecule has 0 unspecified atom stereocenters. The minimum atomic E-state index is -0.346. The van der Waals surface area contributed by atoms with Crippen molar-refractivity contribution >= 4 is 8.80 Å². The fourth-order valence-corrected chi connectivity index (χ4v) is 0. The summed E-state index contributed by atoms with van der Waals surface area (Å²) in [5.41, 5.74) is 2.63. The van der Waals surface area contributed by atoms with Gasteiger partial charge in [-0.25, -0.2) is 0 Å². The average Bonchev–Trinajstić information content (AvgIpc) is 1.38. The number of rotatable bonds is 0. The normalized spacial score (nSPS) is 7.60. The predicted molar refractivity (Wildman–Crippen MR) is 26.3 cm³/mol. The monoisotopic (exact) mass is 83.0 g/mol. The fourth-order valence-electron chi connectivity index (χ4n) is 0. The molecule has 0 saturated heterocycles. The summed E-state index contributed by atoms with van der Waals surface area (Å²) in [5, 5.41) is 0. The van der Waals surface area contributed by atoms with Crippen molar-refractivity contribution in [2.75, 3.05) is 0 Å². The number of hydrogen-bond donors (Lipinski definition) is 0. The molecule has 0 fully saturated rings. The van der Waals surface area contributed by atoms with Crippen LogP contribution in [0.2, 0.25) is 13.1 Å². The first-order valence-electron chi connectivity index (χ1n) is 1.54. The summed E-state index contributed by atoms with van der Waals surface area (Å²) in [7, 11) is -0.346. The third-order valence-electron chi connectivity index (χ3n) is 0.289. The summed E-state index contributed by atoms with van der Waals surface area (Å²) in [5.74, 6) is 0. The van der Waals surface area contributed by atoms with Gasteiger partial charge >= 0.3 is 0 Å². The number of hydrogen-bond acceptors (Lipinski definition) is 0. The molecular formula is C4H7Si. The Labute approximate surface area is 34.8 Å². The third-order valence-corrected chi connectivity index (χ3v) is 0.866. The van der Waals surface area contributed by atoms with Crippen LogP contribution in [0.5, 0.6) is 0 Å². The SMILES string of the molecule is C#C[Si](C)C. The van der Waals surface area contributed by atoms with Gasteiger partial charge in [-0.1, -0.05) is 13.1 Å². The highest BCUT2D eigenvalue weighted by molar-refractivity contribution is 6.64. The molecule has 0 rings (SSSR count). The first-order chi connectivity index (χ1) is 2.27. The molecular weight excluding hydrogens is 76.1 g/mol. The fraction of sp³-hybridized carbons (Fsp3) is 0.500. The molecule has 1 radical (unpaired) electrons. The van der Waals surface area contributed by atoms with E-state index in [1.807, 2.05) is 0 Å². The summed E-state index contributed by atoms with van der Waals surface area (Å²) in [6.07, 6.45) is 4.97. The second-order valence-corrected chi connectivity index (χ2v) is 3.43. The Morgan fingerprint density at radius 1 is 1.60 bits per heavy atom. The van der Waals surface area contributed by atoms with Crippen LogP contribution in [0.25, 0.3) is 0 Å². The lowest BCUT2D eigenvalue weighted by atomic mass is 11.4. The van der Waals surface area contributed by atoms with E-state index in [-0.39, 0.29) is 8.80 Å². The molecule has 0 bridgehead atoms. The van der Waals surface area contributed by atoms with E-state index in [2.05, 4.69) is 18.6 Å². The van der Waals surface area contributed by atoms with Gasteiger partial charge in [0.15, 0.2) is 0 Å². The van der Waals surface area contributed by atoms with Crippen LogP contribution in [0.4, 0.5) is 0 Å². The van der Waals surface area contributed by atoms with Gasteiger partial charge in [0.2, 0.25) is 0 Å². The van der Waals surface area contributed by atoms with Crippen LogP contribution in [0.3, 0.4) is 0 Å². The molecule has 0 nitrogen and oxygen atoms in total. The predicted octanol–water partition coefficient (Wildman–Crippen LogP) is 0.913. The van der Waals surface area contributed by atoms with Crippen LogP contribution in [0.15, 0.2) is 0 Å². The Bertz CT molecular complexity index is 49.2. The van der Waals surface area contributed by atoms with Crippen LogP contribution >= 0.6 is 0 Å². The first kappa shape index (κ1) is 4.78. The Kier molecular flexibility index (Phi) is 1.95. The van der Waals surface area contributed by atoms with E-state index in [1.165, 1.54) is 0 Å². The van der Waals surface area contributed by atoms with E-state index < -0.39 is 0 Å². The van der Waals surface area contributed by atoms with Crippen LogP contribution in [-0.4, -0.2) is 8.80 Å². The van der Waals surface area contributed by atoms with E-state index in [9.17, 15) is 0 Å². The quantitative estimate of drug-likeness (QED) is 0.302. The molecule has 0 aromatic carbocycles. The molecule has 0 atom stereocenters. The zero-order valence-corrected chi connectivity index (χ0v) is 4.58. The van der Waals surface area contributed by atoms with Crippen LogP contribution in [0, 0.1) is 12.0 Å². The first-order valence-corrected chi connectivity index (χ1v) is 4.04. The third kappa shape index (κ3) is 3.78. The topological polar surface area (TPSA) is 0 Å². The highest BCUT2D eigenvalue weighted by Gasteiger charge is 1.79. The zero-order chi connectivity index (χ0) is 4.28. The van der Waals surface area contributed by atoms with Crippen molar-refractivity contribution < 1.29 is 0 Å². The lowest BCUT2D eigenvalue weighted by Gasteiger charge is -1.75. The van der Waals surface area contributed by atoms with Crippen molar-refractivity contribution in [3.05, 3.63) is 0 Å². The van der Waals surface area contributed by atoms with Gasteiger partial charge in [-0.15, -0.1) is 12.0 Å². The lowest BCUT2D eigenvalue weighted by Crippen LogP contribution is -1.90. The maximum absolute atomic E-state index is 4.97. The molecule has 1 heteroatoms. The second kappa shape index (κ2) is 2.04. The van der Waals surface area contributed by atoms with E-state index in [0.717, 1.165) is 0 Å². The van der Waals surface area contributed by atoms with Gasteiger partial charge in [0.1, 0.15) is 8.80 Å². The summed E-state index contributed by atoms with van der Waals surface area (Å²) in [4.78, 5) is 0. The van der Waals surface area contributed by atoms with Crippen LogP contribution in [-0.2, 0) is 0 Å². The minimum Gasteiger partial charge on any atom is -0.137 e. The standard InChI is InChI=1S/C4H7Si/c1-4-5(2)3/h1H,2-3H3. The summed E-state index contributed by atoms with van der Waals surface area (Å²) in [6, 6.07) is 0. The van der Waals surface area contributed by atoms with E-state index in [0.29, 0.717) is 0 Å². The summed E-state index contributed by atoms with van der Waals surface area (Å²) >= 11 is 0. The van der Waals surface area contributed by atoms with Gasteiger partial charge in [0.25, 0.3) is 0 Å². The van der Waals surface area contributed by atoms with E-state index >= 15 is 0 Å². The Morgan fingerprint density at radius 3 is 1.80 bits per heavy atom. The molecule has 0 aromatic heterocycles. The Balaban J connectivity index is 2.94. The van der Waals surface area contributed by atoms with Gasteiger partial charge in [-0.3, -0.25) is 0 Å². The van der Waals surface area contributed by atoms with Gasteiger partial charge in [-0.05, 0) is 0 Å². The minimum absolute atomic E-state index is 0.346. The molecule has 0 aliphatic carbocycles. The van der Waals surface area contributed by atoms with Crippen molar-refractivity contribution in [3.63, 3.8) is 0 Å². The van der Waals surface area contributed by atoms with Crippen molar-refractivity contribution in [2.45, 2.75) is 13.1 Å². The zero-order valence-electron chi connectivity index (χ0n) is 3.58. The van der Waals surface area contributed by atoms with Crippen LogP contribution in [0.1, 0.15) is 0 Å². The molecule has 0 aliphatic heterocycles. The molecule has 0 amide bonds. The number of terminal acetylenes is 1. The average molecular weight is 83.2 g/mol. The maximum atomic E-state index is 4.97. The highest BCUT2D eigenvalue weighted by atomic mass is 28.3. The molecule has 5 heavy (non-hydrogen) atoms. The molecule has 0 spiro atoms. The smallest absolute Gasteiger partial charge is 0.137 e. The molecule has 0 heterocycles. The molecule has 0 aliphatic rings. The largest absolute Gasteiger partial charge is 0.137 e.